The highest BCUT2D eigenvalue weighted by molar-refractivity contribution is 7.80. The number of thiophene rings is 1. The minimum absolute atomic E-state index is 0.0687. The molecule has 1 saturated heterocycles. The van der Waals surface area contributed by atoms with Crippen LogP contribution < -0.4 is 10.6 Å². The van der Waals surface area contributed by atoms with Crippen LogP contribution in [0, 0.1) is 5.92 Å². The van der Waals surface area contributed by atoms with E-state index in [1.807, 2.05) is 5.32 Å². The summed E-state index contributed by atoms with van der Waals surface area (Å²) in [5.41, 5.74) is -3.38. The van der Waals surface area contributed by atoms with E-state index < -0.39 is 34.8 Å². The third-order valence-electron chi connectivity index (χ3n) is 4.08. The first-order valence-electron chi connectivity index (χ1n) is 7.38. The fraction of sp³-hybridized carbons (Fsp3) is 0.250. The number of phenolic OH excluding ortho intramolecular Hbond substituents is 1. The number of halogens is 3. The number of carbonyl (C=O) groups is 1. The quantitative estimate of drug-likeness (QED) is 0.467. The SMILES string of the molecule is O=C(c1cccs1)[C@@H]1[C@@H](c2cccc(O)c2)NC(=S)N[C@]1(O)C(F)(F)F. The maximum absolute atomic E-state index is 13.7. The Labute approximate surface area is 155 Å². The molecule has 0 unspecified atom stereocenters. The molecule has 26 heavy (non-hydrogen) atoms. The van der Waals surface area contributed by atoms with Gasteiger partial charge in [0.25, 0.3) is 0 Å². The molecule has 5 nitrogen and oxygen atoms in total. The van der Waals surface area contributed by atoms with Crippen LogP contribution in [0.4, 0.5) is 13.2 Å². The molecule has 2 heterocycles. The normalized spacial score (nSPS) is 26.1. The lowest BCUT2D eigenvalue weighted by atomic mass is 9.78. The largest absolute Gasteiger partial charge is 0.508 e. The van der Waals surface area contributed by atoms with E-state index in [9.17, 15) is 28.2 Å². The fourth-order valence-electron chi connectivity index (χ4n) is 2.91. The average molecular weight is 402 g/mol. The zero-order valence-electron chi connectivity index (χ0n) is 12.9. The molecule has 1 aliphatic rings. The Morgan fingerprint density at radius 3 is 2.58 bits per heavy atom. The van der Waals surface area contributed by atoms with Crippen molar-refractivity contribution in [2.45, 2.75) is 17.9 Å². The van der Waals surface area contributed by atoms with E-state index in [1.165, 1.54) is 36.4 Å². The summed E-state index contributed by atoms with van der Waals surface area (Å²) in [6, 6.07) is 7.05. The number of Topliss-reactive ketones (excluding diaryl/α,β-unsaturated/α-hetero) is 1. The Kier molecular flexibility index (Phi) is 4.67. The highest BCUT2D eigenvalue weighted by Gasteiger charge is 2.65. The molecule has 0 spiro atoms. The minimum Gasteiger partial charge on any atom is -0.508 e. The van der Waals surface area contributed by atoms with Gasteiger partial charge >= 0.3 is 6.18 Å². The van der Waals surface area contributed by atoms with Crippen LogP contribution in [0.1, 0.15) is 21.3 Å². The Bertz CT molecular complexity index is 842. The number of carbonyl (C=O) groups excluding carboxylic acids is 1. The zero-order chi connectivity index (χ0) is 19.1. The smallest absolute Gasteiger partial charge is 0.437 e. The molecule has 1 aromatic heterocycles. The van der Waals surface area contributed by atoms with Gasteiger partial charge in [-0.25, -0.2) is 0 Å². The van der Waals surface area contributed by atoms with Gasteiger partial charge in [-0.1, -0.05) is 18.2 Å². The molecule has 0 radical (unpaired) electrons. The Balaban J connectivity index is 2.16. The number of phenols is 1. The van der Waals surface area contributed by atoms with E-state index in [2.05, 4.69) is 5.32 Å². The van der Waals surface area contributed by atoms with Crippen molar-refractivity contribution in [2.24, 2.45) is 5.92 Å². The van der Waals surface area contributed by atoms with Crippen molar-refractivity contribution < 1.29 is 28.2 Å². The summed E-state index contributed by atoms with van der Waals surface area (Å²) in [7, 11) is 0. The van der Waals surface area contributed by atoms with Crippen LogP contribution in [-0.2, 0) is 0 Å². The van der Waals surface area contributed by atoms with Gasteiger partial charge in [0.2, 0.25) is 5.72 Å². The Hall–Kier alpha value is -2.17. The van der Waals surface area contributed by atoms with Gasteiger partial charge in [-0.3, -0.25) is 4.79 Å². The van der Waals surface area contributed by atoms with E-state index in [0.29, 0.717) is 0 Å². The van der Waals surface area contributed by atoms with E-state index >= 15 is 0 Å². The standard InChI is InChI=1S/C16H13F3N2O3S2/c17-16(18,19)15(24)11(13(23)10-5-2-6-26-10)12(20-14(25)21-15)8-3-1-4-9(22)7-8/h1-7,11-12,22,24H,(H2,20,21,25)/t11-,12+,15+/m0/s1. The van der Waals surface area contributed by atoms with Crippen LogP contribution in [0.2, 0.25) is 0 Å². The molecular weight excluding hydrogens is 389 g/mol. The van der Waals surface area contributed by atoms with Gasteiger partial charge in [-0.15, -0.1) is 11.3 Å². The number of rotatable bonds is 3. The molecule has 2 aromatic rings. The van der Waals surface area contributed by atoms with E-state index in [4.69, 9.17) is 12.2 Å². The zero-order valence-corrected chi connectivity index (χ0v) is 14.6. The summed E-state index contributed by atoms with van der Waals surface area (Å²) >= 11 is 5.79. The van der Waals surface area contributed by atoms with Crippen molar-refractivity contribution in [2.75, 3.05) is 0 Å². The molecule has 3 rings (SSSR count). The maximum Gasteiger partial charge on any atom is 0.437 e. The second-order valence-electron chi connectivity index (χ2n) is 5.75. The van der Waals surface area contributed by atoms with Crippen molar-refractivity contribution >= 4 is 34.5 Å². The van der Waals surface area contributed by atoms with Crippen molar-refractivity contribution in [1.29, 1.82) is 0 Å². The first-order valence-corrected chi connectivity index (χ1v) is 8.66. The molecule has 1 aliphatic heterocycles. The van der Waals surface area contributed by atoms with Gasteiger partial charge in [-0.05, 0) is 41.4 Å². The lowest BCUT2D eigenvalue weighted by Crippen LogP contribution is -2.72. The molecule has 10 heteroatoms. The second-order valence-corrected chi connectivity index (χ2v) is 7.11. The molecule has 0 aliphatic carbocycles. The molecule has 0 saturated carbocycles. The summed E-state index contributed by atoms with van der Waals surface area (Å²) in [5, 5.41) is 25.7. The van der Waals surface area contributed by atoms with Gasteiger partial charge in [0.1, 0.15) is 11.7 Å². The minimum atomic E-state index is -5.17. The predicted octanol–water partition coefficient (Wildman–Crippen LogP) is 2.72. The summed E-state index contributed by atoms with van der Waals surface area (Å²) in [4.78, 5) is 12.9. The topological polar surface area (TPSA) is 81.6 Å². The number of thiocarbonyl (C=S) groups is 1. The lowest BCUT2D eigenvalue weighted by molar-refractivity contribution is -0.285. The van der Waals surface area contributed by atoms with Crippen molar-refractivity contribution in [1.82, 2.24) is 10.6 Å². The number of alkyl halides is 3. The molecule has 3 atom stereocenters. The molecule has 1 aromatic carbocycles. The fourth-order valence-corrected chi connectivity index (χ4v) is 3.89. The summed E-state index contributed by atoms with van der Waals surface area (Å²) in [5.74, 6) is -3.04. The second kappa shape index (κ2) is 6.53. The summed E-state index contributed by atoms with van der Waals surface area (Å²) in [6.07, 6.45) is -5.17. The van der Waals surface area contributed by atoms with Crippen molar-refractivity contribution in [3.8, 4) is 5.75 Å². The number of hydrogen-bond donors (Lipinski definition) is 4. The van der Waals surface area contributed by atoms with Crippen LogP contribution in [0.5, 0.6) is 5.75 Å². The van der Waals surface area contributed by atoms with Gasteiger partial charge in [0, 0.05) is 0 Å². The molecule has 138 valence electrons. The third-order valence-corrected chi connectivity index (χ3v) is 5.19. The van der Waals surface area contributed by atoms with Crippen molar-refractivity contribution in [3.05, 3.63) is 52.2 Å². The molecule has 0 bridgehead atoms. The lowest BCUT2D eigenvalue weighted by Gasteiger charge is -2.46. The van der Waals surface area contributed by atoms with Gasteiger partial charge in [-0.2, -0.15) is 13.2 Å². The summed E-state index contributed by atoms with van der Waals surface area (Å²) < 4.78 is 41.2. The first kappa shape index (κ1) is 18.6. The van der Waals surface area contributed by atoms with Gasteiger partial charge in [0.05, 0.1) is 10.9 Å². The van der Waals surface area contributed by atoms with Gasteiger partial charge < -0.3 is 20.8 Å². The van der Waals surface area contributed by atoms with E-state index in [-0.39, 0.29) is 16.2 Å². The average Bonchev–Trinajstić information content (AvgIpc) is 3.07. The number of aromatic hydroxyl groups is 1. The van der Waals surface area contributed by atoms with E-state index in [0.717, 1.165) is 11.3 Å². The monoisotopic (exact) mass is 402 g/mol. The number of benzene rings is 1. The van der Waals surface area contributed by atoms with E-state index in [1.54, 1.807) is 5.38 Å². The Morgan fingerprint density at radius 1 is 1.27 bits per heavy atom. The first-order chi connectivity index (χ1) is 12.1. The number of nitrogens with one attached hydrogen (secondary N) is 2. The van der Waals surface area contributed by atoms with Gasteiger partial charge in [0.15, 0.2) is 10.9 Å². The van der Waals surface area contributed by atoms with Crippen LogP contribution in [0.3, 0.4) is 0 Å². The molecular formula is C16H13F3N2O3S2. The molecule has 0 amide bonds. The van der Waals surface area contributed by atoms with Crippen LogP contribution in [0.15, 0.2) is 41.8 Å². The number of hydrogen-bond acceptors (Lipinski definition) is 5. The highest BCUT2D eigenvalue weighted by atomic mass is 32.1. The third kappa shape index (κ3) is 3.15. The molecule has 1 fully saturated rings. The summed E-state index contributed by atoms with van der Waals surface area (Å²) in [6.45, 7) is 0. The van der Waals surface area contributed by atoms with Crippen molar-refractivity contribution in [3.63, 3.8) is 0 Å². The maximum atomic E-state index is 13.7. The highest BCUT2D eigenvalue weighted by Crippen LogP contribution is 2.44. The Morgan fingerprint density at radius 2 is 2.00 bits per heavy atom. The van der Waals surface area contributed by atoms with Crippen LogP contribution >= 0.6 is 23.6 Å². The van der Waals surface area contributed by atoms with Crippen LogP contribution in [-0.4, -0.2) is 33.0 Å². The number of aliphatic hydroxyl groups is 1. The number of ketones is 1. The predicted molar refractivity (Wildman–Crippen MR) is 92.9 cm³/mol. The van der Waals surface area contributed by atoms with Crippen LogP contribution in [0.25, 0.3) is 0 Å². The molecule has 4 N–H and O–H groups in total.